The number of pyridine rings is 1. The van der Waals surface area contributed by atoms with Crippen molar-refractivity contribution in [2.45, 2.75) is 10.6 Å². The Labute approximate surface area is 113 Å². The van der Waals surface area contributed by atoms with Crippen molar-refractivity contribution in [1.82, 2.24) is 4.98 Å². The molecule has 0 saturated carbocycles. The smallest absolute Gasteiger partial charge is 0.336 e. The Morgan fingerprint density at radius 1 is 1.17 bits per heavy atom. The highest BCUT2D eigenvalue weighted by molar-refractivity contribution is 8.76. The Morgan fingerprint density at radius 2 is 1.94 bits per heavy atom. The second kappa shape index (κ2) is 6.47. The summed E-state index contributed by atoms with van der Waals surface area (Å²) >= 11 is 0. The van der Waals surface area contributed by atoms with Gasteiger partial charge in [-0.25, -0.2) is 4.79 Å². The number of benzene rings is 1. The quantitative estimate of drug-likeness (QED) is 0.844. The van der Waals surface area contributed by atoms with Crippen LogP contribution >= 0.6 is 21.6 Å². The summed E-state index contributed by atoms with van der Waals surface area (Å²) in [7, 11) is 3.05. The molecule has 0 amide bonds. The Hall–Kier alpha value is -1.46. The zero-order valence-electron chi connectivity index (χ0n) is 9.45. The first-order valence-electron chi connectivity index (χ1n) is 5.29. The molecular formula is C13H11NO2S2. The lowest BCUT2D eigenvalue weighted by Gasteiger charge is -2.04. The van der Waals surface area contributed by atoms with Crippen LogP contribution in [0.4, 0.5) is 0 Å². The highest BCUT2D eigenvalue weighted by Crippen LogP contribution is 2.35. The van der Waals surface area contributed by atoms with Gasteiger partial charge >= 0.3 is 5.97 Å². The van der Waals surface area contributed by atoms with E-state index in [9.17, 15) is 4.79 Å². The van der Waals surface area contributed by atoms with Crippen LogP contribution in [0.15, 0.2) is 53.6 Å². The van der Waals surface area contributed by atoms with Crippen molar-refractivity contribution in [2.75, 3.05) is 0 Å². The van der Waals surface area contributed by atoms with E-state index in [1.807, 2.05) is 30.3 Å². The third kappa shape index (κ3) is 3.51. The molecule has 18 heavy (non-hydrogen) atoms. The number of nitrogens with zero attached hydrogens (tertiary/aromatic N) is 1. The van der Waals surface area contributed by atoms with Crippen LogP contribution < -0.4 is 0 Å². The monoisotopic (exact) mass is 277 g/mol. The summed E-state index contributed by atoms with van der Waals surface area (Å²) in [5.74, 6) is -0.143. The van der Waals surface area contributed by atoms with E-state index in [1.54, 1.807) is 29.1 Å². The molecule has 0 radical (unpaired) electrons. The number of aromatic nitrogens is 1. The third-order valence-corrected chi connectivity index (χ3v) is 4.51. The van der Waals surface area contributed by atoms with Crippen LogP contribution in [-0.2, 0) is 5.75 Å². The summed E-state index contributed by atoms with van der Waals surface area (Å²) in [6.45, 7) is 0. The van der Waals surface area contributed by atoms with Crippen molar-refractivity contribution in [2.24, 2.45) is 0 Å². The van der Waals surface area contributed by atoms with Gasteiger partial charge in [-0.3, -0.25) is 4.98 Å². The minimum Gasteiger partial charge on any atom is -0.478 e. The van der Waals surface area contributed by atoms with Crippen molar-refractivity contribution in [3.05, 3.63) is 59.9 Å². The largest absolute Gasteiger partial charge is 0.478 e. The summed E-state index contributed by atoms with van der Waals surface area (Å²) < 4.78 is 0. The molecule has 1 heterocycles. The van der Waals surface area contributed by atoms with Gasteiger partial charge in [0.25, 0.3) is 0 Å². The van der Waals surface area contributed by atoms with Gasteiger partial charge in [0.15, 0.2) is 0 Å². The zero-order chi connectivity index (χ0) is 12.8. The summed E-state index contributed by atoms with van der Waals surface area (Å²) in [5.41, 5.74) is 1.33. The molecule has 1 N–H and O–H groups in total. The Kier molecular flexibility index (Phi) is 4.66. The highest BCUT2D eigenvalue weighted by Gasteiger charge is 2.09. The van der Waals surface area contributed by atoms with Crippen LogP contribution in [0.1, 0.15) is 16.1 Å². The summed E-state index contributed by atoms with van der Waals surface area (Å²) in [5, 5.41) is 9.05. The predicted molar refractivity (Wildman–Crippen MR) is 74.8 cm³/mol. The number of carboxylic acids is 1. The van der Waals surface area contributed by atoms with Crippen molar-refractivity contribution >= 4 is 27.6 Å². The first-order chi connectivity index (χ1) is 8.77. The van der Waals surface area contributed by atoms with E-state index >= 15 is 0 Å². The van der Waals surface area contributed by atoms with Gasteiger partial charge in [-0.15, -0.1) is 0 Å². The molecule has 0 atom stereocenters. The first kappa shape index (κ1) is 13.0. The molecule has 3 nitrogen and oxygen atoms in total. The lowest BCUT2D eigenvalue weighted by atomic mass is 10.2. The Bertz CT molecular complexity index is 532. The second-order valence-electron chi connectivity index (χ2n) is 3.47. The third-order valence-electron chi connectivity index (χ3n) is 2.20. The minimum atomic E-state index is -0.892. The van der Waals surface area contributed by atoms with E-state index < -0.39 is 5.97 Å². The maximum Gasteiger partial charge on any atom is 0.336 e. The molecule has 0 bridgehead atoms. The number of hydrogen-bond donors (Lipinski definition) is 1. The fourth-order valence-corrected chi connectivity index (χ4v) is 3.57. The molecule has 2 aromatic rings. The number of aromatic carboxylic acids is 1. The standard InChI is InChI=1S/C13H11NO2S2/c15-13(16)11-6-1-2-7-12(11)18-17-9-10-5-3-4-8-14-10/h1-8H,9H2,(H,15,16). The van der Waals surface area contributed by atoms with Gasteiger partial charge < -0.3 is 5.11 Å². The molecule has 1 aromatic heterocycles. The Morgan fingerprint density at radius 3 is 2.67 bits per heavy atom. The van der Waals surface area contributed by atoms with E-state index in [-0.39, 0.29) is 0 Å². The van der Waals surface area contributed by atoms with Crippen LogP contribution in [0.25, 0.3) is 0 Å². The lowest BCUT2D eigenvalue weighted by Crippen LogP contribution is -1.97. The molecule has 0 aliphatic heterocycles. The zero-order valence-corrected chi connectivity index (χ0v) is 11.1. The fraction of sp³-hybridized carbons (Fsp3) is 0.0769. The van der Waals surface area contributed by atoms with Crippen molar-refractivity contribution in [1.29, 1.82) is 0 Å². The van der Waals surface area contributed by atoms with Crippen LogP contribution in [0.3, 0.4) is 0 Å². The first-order valence-corrected chi connectivity index (χ1v) is 7.61. The summed E-state index contributed by atoms with van der Waals surface area (Å²) in [6.07, 6.45) is 1.76. The van der Waals surface area contributed by atoms with E-state index in [1.165, 1.54) is 10.8 Å². The highest BCUT2D eigenvalue weighted by atomic mass is 33.1. The molecule has 1 aromatic carbocycles. The van der Waals surface area contributed by atoms with Crippen molar-refractivity contribution in [3.8, 4) is 0 Å². The topological polar surface area (TPSA) is 50.2 Å². The maximum absolute atomic E-state index is 11.0. The minimum absolute atomic E-state index is 0.344. The number of carbonyl (C=O) groups is 1. The molecule has 0 fully saturated rings. The molecule has 0 spiro atoms. The maximum atomic E-state index is 11.0. The molecule has 5 heteroatoms. The van der Waals surface area contributed by atoms with Crippen molar-refractivity contribution in [3.63, 3.8) is 0 Å². The second-order valence-corrected chi connectivity index (χ2v) is 5.81. The van der Waals surface area contributed by atoms with E-state index in [2.05, 4.69) is 4.98 Å². The van der Waals surface area contributed by atoms with Crippen molar-refractivity contribution < 1.29 is 9.90 Å². The number of rotatable bonds is 5. The predicted octanol–water partition coefficient (Wildman–Crippen LogP) is 3.72. The SMILES string of the molecule is O=C(O)c1ccccc1SSCc1ccccn1. The van der Waals surface area contributed by atoms with Gasteiger partial charge in [0.05, 0.1) is 11.3 Å². The average Bonchev–Trinajstić information content (AvgIpc) is 2.40. The van der Waals surface area contributed by atoms with Crippen LogP contribution in [-0.4, -0.2) is 16.1 Å². The lowest BCUT2D eigenvalue weighted by molar-refractivity contribution is 0.0693. The fourth-order valence-electron chi connectivity index (χ4n) is 1.35. The van der Waals surface area contributed by atoms with Gasteiger partial charge in [-0.05, 0) is 24.3 Å². The number of carboxylic acid groups (broad SMARTS) is 1. The molecule has 2 rings (SSSR count). The van der Waals surface area contributed by atoms with Crippen LogP contribution in [0.5, 0.6) is 0 Å². The number of hydrogen-bond acceptors (Lipinski definition) is 4. The van der Waals surface area contributed by atoms with Gasteiger partial charge in [-0.2, -0.15) is 0 Å². The Balaban J connectivity index is 1.97. The van der Waals surface area contributed by atoms with Crippen LogP contribution in [0, 0.1) is 0 Å². The van der Waals surface area contributed by atoms with E-state index in [4.69, 9.17) is 5.11 Å². The molecule has 0 aliphatic rings. The van der Waals surface area contributed by atoms with Gasteiger partial charge in [0, 0.05) is 16.8 Å². The average molecular weight is 277 g/mol. The van der Waals surface area contributed by atoms with E-state index in [0.717, 1.165) is 16.3 Å². The normalized spacial score (nSPS) is 10.2. The molecular weight excluding hydrogens is 266 g/mol. The van der Waals surface area contributed by atoms with Gasteiger partial charge in [0.1, 0.15) is 0 Å². The molecule has 0 saturated heterocycles. The summed E-state index contributed by atoms with van der Waals surface area (Å²) in [6, 6.07) is 12.8. The summed E-state index contributed by atoms with van der Waals surface area (Å²) in [4.78, 5) is 16.0. The molecule has 0 aliphatic carbocycles. The van der Waals surface area contributed by atoms with Gasteiger partial charge in [0.2, 0.25) is 0 Å². The van der Waals surface area contributed by atoms with E-state index in [0.29, 0.717) is 5.56 Å². The molecule has 92 valence electrons. The van der Waals surface area contributed by atoms with Crippen LogP contribution in [0.2, 0.25) is 0 Å². The van der Waals surface area contributed by atoms with Gasteiger partial charge in [-0.1, -0.05) is 39.8 Å². The molecule has 0 unspecified atom stereocenters.